The number of hydrogen-bond acceptors (Lipinski definition) is 5. The minimum Gasteiger partial charge on any atom is -0.480 e. The highest BCUT2D eigenvalue weighted by molar-refractivity contribution is 6.20. The van der Waals surface area contributed by atoms with E-state index in [1.54, 1.807) is 0 Å². The number of hydrogen-bond donors (Lipinski definition) is 2. The van der Waals surface area contributed by atoms with Gasteiger partial charge in [0.1, 0.15) is 12.1 Å². The van der Waals surface area contributed by atoms with Gasteiger partial charge in [-0.1, -0.05) is 0 Å². The van der Waals surface area contributed by atoms with Gasteiger partial charge in [-0.3, -0.25) is 9.59 Å². The largest absolute Gasteiger partial charge is 0.480 e. The minimum atomic E-state index is -0.982. The van der Waals surface area contributed by atoms with Crippen LogP contribution in [0.5, 0.6) is 0 Å². The number of carboxylic acids is 1. The average Bonchev–Trinajstić information content (AvgIpc) is 2.52. The van der Waals surface area contributed by atoms with Crippen molar-refractivity contribution in [2.45, 2.75) is 18.6 Å². The lowest BCUT2D eigenvalue weighted by molar-refractivity contribution is -0.152. The second-order valence-corrected chi connectivity index (χ2v) is 2.71. The third-order valence-electron chi connectivity index (χ3n) is 1.77. The van der Waals surface area contributed by atoms with Crippen LogP contribution in [0.2, 0.25) is 0 Å². The summed E-state index contributed by atoms with van der Waals surface area (Å²) in [6.07, 6.45) is -0.248. The first-order valence-electron chi connectivity index (χ1n) is 3.75. The molecule has 6 nitrogen and oxygen atoms in total. The van der Waals surface area contributed by atoms with E-state index in [4.69, 9.17) is 5.11 Å². The number of carboxylic acid groups (broad SMARTS) is 1. The van der Waals surface area contributed by atoms with Gasteiger partial charge in [0, 0.05) is 13.0 Å². The maximum Gasteiger partial charge on any atom is 0.371 e. The van der Waals surface area contributed by atoms with Gasteiger partial charge in [-0.2, -0.15) is 0 Å². The Kier molecular flexibility index (Phi) is 2.97. The standard InChI is InChI=1S/C7H9NO5/c9-3-6(10)13-4-1-5(7(11)12)8-2-4/h3-5,8H,1-2H2,(H,11,12)/t4-,5+/m1/s1. The van der Waals surface area contributed by atoms with Crippen LogP contribution in [-0.4, -0.2) is 42.0 Å². The first-order valence-corrected chi connectivity index (χ1v) is 3.75. The first-order chi connectivity index (χ1) is 6.13. The maximum atomic E-state index is 10.5. The van der Waals surface area contributed by atoms with Crippen molar-refractivity contribution in [2.75, 3.05) is 6.54 Å². The van der Waals surface area contributed by atoms with Gasteiger partial charge in [-0.15, -0.1) is 0 Å². The molecular weight excluding hydrogens is 178 g/mol. The lowest BCUT2D eigenvalue weighted by Crippen LogP contribution is -2.30. The molecule has 0 aromatic rings. The second-order valence-electron chi connectivity index (χ2n) is 2.71. The summed E-state index contributed by atoms with van der Waals surface area (Å²) < 4.78 is 4.61. The number of carbonyl (C=O) groups excluding carboxylic acids is 2. The van der Waals surface area contributed by atoms with Crippen LogP contribution in [0.3, 0.4) is 0 Å². The number of aliphatic carboxylic acids is 1. The van der Waals surface area contributed by atoms with Gasteiger partial charge < -0.3 is 15.2 Å². The Balaban J connectivity index is 2.37. The van der Waals surface area contributed by atoms with Gasteiger partial charge >= 0.3 is 11.9 Å². The molecule has 0 bridgehead atoms. The van der Waals surface area contributed by atoms with Crippen LogP contribution >= 0.6 is 0 Å². The SMILES string of the molecule is O=CC(=O)O[C@H]1CN[C@H](C(=O)O)C1. The summed E-state index contributed by atoms with van der Waals surface area (Å²) in [5.41, 5.74) is 0. The van der Waals surface area contributed by atoms with Gasteiger partial charge in [-0.05, 0) is 0 Å². The Bertz CT molecular complexity index is 239. The molecule has 0 aromatic carbocycles. The maximum absolute atomic E-state index is 10.5. The highest BCUT2D eigenvalue weighted by Crippen LogP contribution is 2.10. The lowest BCUT2D eigenvalue weighted by Gasteiger charge is -2.06. The summed E-state index contributed by atoms with van der Waals surface area (Å²) in [5, 5.41) is 11.2. The molecule has 2 atom stereocenters. The monoisotopic (exact) mass is 187 g/mol. The molecule has 1 aliphatic rings. The van der Waals surface area contributed by atoms with Gasteiger partial charge in [-0.25, -0.2) is 4.79 Å². The zero-order valence-electron chi connectivity index (χ0n) is 6.73. The van der Waals surface area contributed by atoms with Crippen LogP contribution in [0, 0.1) is 0 Å². The molecule has 6 heteroatoms. The Morgan fingerprint density at radius 2 is 2.23 bits per heavy atom. The first kappa shape index (κ1) is 9.66. The van der Waals surface area contributed by atoms with Gasteiger partial charge in [0.2, 0.25) is 6.29 Å². The van der Waals surface area contributed by atoms with Crippen molar-refractivity contribution in [1.29, 1.82) is 0 Å². The van der Waals surface area contributed by atoms with Crippen LogP contribution in [0.4, 0.5) is 0 Å². The van der Waals surface area contributed by atoms with Crippen molar-refractivity contribution >= 4 is 18.2 Å². The van der Waals surface area contributed by atoms with E-state index in [1.165, 1.54) is 0 Å². The van der Waals surface area contributed by atoms with Crippen LogP contribution in [0.15, 0.2) is 0 Å². The molecule has 72 valence electrons. The lowest BCUT2D eigenvalue weighted by atomic mass is 10.2. The van der Waals surface area contributed by atoms with Crippen molar-refractivity contribution in [1.82, 2.24) is 5.32 Å². The molecule has 1 heterocycles. The predicted octanol–water partition coefficient (Wildman–Crippen LogP) is -1.46. The van der Waals surface area contributed by atoms with Crippen molar-refractivity contribution in [3.05, 3.63) is 0 Å². The van der Waals surface area contributed by atoms with Crippen LogP contribution in [-0.2, 0) is 19.1 Å². The molecule has 0 amide bonds. The van der Waals surface area contributed by atoms with E-state index in [1.807, 2.05) is 0 Å². The molecule has 1 saturated heterocycles. The minimum absolute atomic E-state index is 0.0636. The number of nitrogens with one attached hydrogen (secondary N) is 1. The normalized spacial score (nSPS) is 26.8. The number of ether oxygens (including phenoxy) is 1. The zero-order valence-corrected chi connectivity index (χ0v) is 6.73. The summed E-state index contributed by atoms with van der Waals surface area (Å²) in [4.78, 5) is 30.8. The molecular formula is C7H9NO5. The van der Waals surface area contributed by atoms with Crippen molar-refractivity contribution in [2.24, 2.45) is 0 Å². The summed E-state index contributed by atoms with van der Waals surface area (Å²) >= 11 is 0. The summed E-state index contributed by atoms with van der Waals surface area (Å²) in [5.74, 6) is -1.94. The van der Waals surface area contributed by atoms with Crippen molar-refractivity contribution < 1.29 is 24.2 Å². The van der Waals surface area contributed by atoms with E-state index < -0.39 is 24.1 Å². The van der Waals surface area contributed by atoms with Crippen LogP contribution < -0.4 is 5.32 Å². The highest BCUT2D eigenvalue weighted by atomic mass is 16.5. The molecule has 0 spiro atoms. The van der Waals surface area contributed by atoms with E-state index >= 15 is 0 Å². The van der Waals surface area contributed by atoms with Crippen LogP contribution in [0.25, 0.3) is 0 Å². The van der Waals surface area contributed by atoms with Gasteiger partial charge in [0.15, 0.2) is 0 Å². The van der Waals surface area contributed by atoms with E-state index in [-0.39, 0.29) is 19.3 Å². The summed E-state index contributed by atoms with van der Waals surface area (Å²) in [6.45, 7) is 0.274. The van der Waals surface area contributed by atoms with Crippen molar-refractivity contribution in [3.63, 3.8) is 0 Å². The second kappa shape index (κ2) is 3.99. The summed E-state index contributed by atoms with van der Waals surface area (Å²) in [6, 6.07) is -0.690. The Morgan fingerprint density at radius 1 is 1.54 bits per heavy atom. The predicted molar refractivity (Wildman–Crippen MR) is 40.0 cm³/mol. The van der Waals surface area contributed by atoms with Crippen LogP contribution in [0.1, 0.15) is 6.42 Å². The van der Waals surface area contributed by atoms with E-state index in [2.05, 4.69) is 10.1 Å². The fourth-order valence-electron chi connectivity index (χ4n) is 1.17. The van der Waals surface area contributed by atoms with Gasteiger partial charge in [0.05, 0.1) is 0 Å². The molecule has 1 aliphatic heterocycles. The number of rotatable bonds is 3. The molecule has 1 fully saturated rings. The molecule has 1 rings (SSSR count). The van der Waals surface area contributed by atoms with Crippen molar-refractivity contribution in [3.8, 4) is 0 Å². The Labute approximate surface area is 73.9 Å². The van der Waals surface area contributed by atoms with Gasteiger partial charge in [0.25, 0.3) is 0 Å². The molecule has 2 N–H and O–H groups in total. The molecule has 0 aliphatic carbocycles. The molecule has 13 heavy (non-hydrogen) atoms. The smallest absolute Gasteiger partial charge is 0.371 e. The third kappa shape index (κ3) is 2.51. The topological polar surface area (TPSA) is 92.7 Å². The highest BCUT2D eigenvalue weighted by Gasteiger charge is 2.31. The molecule has 0 aromatic heterocycles. The number of carbonyl (C=O) groups is 3. The zero-order chi connectivity index (χ0) is 9.84. The Hall–Kier alpha value is -1.43. The molecule has 0 saturated carbocycles. The molecule has 0 unspecified atom stereocenters. The summed E-state index contributed by atoms with van der Waals surface area (Å²) in [7, 11) is 0. The van der Waals surface area contributed by atoms with E-state index in [0.717, 1.165) is 0 Å². The fourth-order valence-corrected chi connectivity index (χ4v) is 1.17. The Morgan fingerprint density at radius 3 is 2.69 bits per heavy atom. The number of aldehydes is 1. The van der Waals surface area contributed by atoms with E-state index in [0.29, 0.717) is 0 Å². The fraction of sp³-hybridized carbons (Fsp3) is 0.571. The molecule has 0 radical (unpaired) electrons. The van der Waals surface area contributed by atoms with E-state index in [9.17, 15) is 14.4 Å². The average molecular weight is 187 g/mol. The quantitative estimate of drug-likeness (QED) is 0.319. The third-order valence-corrected chi connectivity index (χ3v) is 1.77. The number of esters is 1.